The van der Waals surface area contributed by atoms with Gasteiger partial charge < -0.3 is 4.90 Å². The molecule has 146 valence electrons. The first-order valence-corrected chi connectivity index (χ1v) is 10.2. The van der Waals surface area contributed by atoms with Gasteiger partial charge in [0.15, 0.2) is 0 Å². The Hall–Kier alpha value is -2.96. The van der Waals surface area contributed by atoms with Gasteiger partial charge in [-0.25, -0.2) is 8.42 Å². The maximum Gasteiger partial charge on any atom is 0.275 e. The molecule has 0 bridgehead atoms. The Labute approximate surface area is 163 Å². The van der Waals surface area contributed by atoms with E-state index >= 15 is 0 Å². The van der Waals surface area contributed by atoms with Crippen LogP contribution in [-0.4, -0.2) is 43.8 Å². The van der Waals surface area contributed by atoms with Gasteiger partial charge in [-0.1, -0.05) is 17.7 Å². The van der Waals surface area contributed by atoms with Crippen molar-refractivity contribution in [2.75, 3.05) is 31.1 Å². The lowest BCUT2D eigenvalue weighted by atomic mass is 10.1. The Balaban J connectivity index is 1.83. The van der Waals surface area contributed by atoms with E-state index in [-0.39, 0.29) is 29.2 Å². The molecule has 0 radical (unpaired) electrons. The first-order valence-electron chi connectivity index (χ1n) is 8.75. The Morgan fingerprint density at radius 3 is 2.21 bits per heavy atom. The molecule has 8 nitrogen and oxygen atoms in total. The second-order valence-electron chi connectivity index (χ2n) is 6.71. The fourth-order valence-electron chi connectivity index (χ4n) is 3.30. The minimum absolute atomic E-state index is 0.108. The first kappa shape index (κ1) is 19.8. The van der Waals surface area contributed by atoms with Crippen molar-refractivity contribution in [3.05, 3.63) is 63.2 Å². The van der Waals surface area contributed by atoms with Crippen LogP contribution < -0.4 is 4.90 Å². The smallest absolute Gasteiger partial charge is 0.275 e. The highest BCUT2D eigenvalue weighted by Gasteiger charge is 2.30. The summed E-state index contributed by atoms with van der Waals surface area (Å²) in [6.45, 7) is 4.84. The number of piperazine rings is 1. The molecule has 9 heteroatoms. The zero-order valence-electron chi connectivity index (χ0n) is 15.6. The van der Waals surface area contributed by atoms with Crippen LogP contribution in [0, 0.1) is 35.3 Å². The lowest BCUT2D eigenvalue weighted by molar-refractivity contribution is -0.385. The van der Waals surface area contributed by atoms with Crippen LogP contribution >= 0.6 is 0 Å². The molecule has 1 saturated heterocycles. The molecule has 0 saturated carbocycles. The molecule has 28 heavy (non-hydrogen) atoms. The molecule has 0 aromatic heterocycles. The summed E-state index contributed by atoms with van der Waals surface area (Å²) in [6.07, 6.45) is 0. The van der Waals surface area contributed by atoms with E-state index in [0.29, 0.717) is 24.3 Å². The van der Waals surface area contributed by atoms with Crippen LogP contribution in [0.5, 0.6) is 0 Å². The third-order valence-corrected chi connectivity index (χ3v) is 6.83. The van der Waals surface area contributed by atoms with E-state index in [2.05, 4.69) is 0 Å². The molecule has 0 N–H and O–H groups in total. The van der Waals surface area contributed by atoms with Gasteiger partial charge in [-0.2, -0.15) is 9.57 Å². The average molecular weight is 400 g/mol. The predicted octanol–water partition coefficient (Wildman–Crippen LogP) is 2.59. The van der Waals surface area contributed by atoms with Gasteiger partial charge in [0.1, 0.15) is 0 Å². The summed E-state index contributed by atoms with van der Waals surface area (Å²) in [5, 5.41) is 20.5. The minimum atomic E-state index is -3.58. The van der Waals surface area contributed by atoms with Gasteiger partial charge in [-0.15, -0.1) is 0 Å². The molecule has 0 amide bonds. The molecule has 1 aliphatic heterocycles. The number of sulfonamides is 1. The monoisotopic (exact) mass is 400 g/mol. The number of nitrogens with zero attached hydrogens (tertiary/aromatic N) is 4. The molecule has 1 heterocycles. The summed E-state index contributed by atoms with van der Waals surface area (Å²) in [4.78, 5) is 12.9. The van der Waals surface area contributed by atoms with Crippen molar-refractivity contribution in [2.24, 2.45) is 0 Å². The number of nitro groups is 1. The highest BCUT2D eigenvalue weighted by atomic mass is 32.2. The molecule has 2 aromatic rings. The van der Waals surface area contributed by atoms with Gasteiger partial charge in [-0.3, -0.25) is 10.1 Å². The number of hydrogen-bond donors (Lipinski definition) is 0. The maximum absolute atomic E-state index is 12.8. The molecular formula is C19H20N4O4S. The standard InChI is InChI=1S/C19H20N4O4S/c1-14-3-5-17(6-4-14)28(26,27)22-9-7-21(8-10-22)18-11-16(13-20)12-19(15(18)2)23(24)25/h3-6,11-12H,7-10H2,1-2H3. The molecule has 1 aliphatic rings. The number of anilines is 1. The second-order valence-corrected chi connectivity index (χ2v) is 8.65. The highest BCUT2D eigenvalue weighted by molar-refractivity contribution is 7.89. The normalized spacial score (nSPS) is 15.2. The van der Waals surface area contributed by atoms with Crippen molar-refractivity contribution in [1.82, 2.24) is 4.31 Å². The van der Waals surface area contributed by atoms with Gasteiger partial charge in [0.2, 0.25) is 10.0 Å². The molecule has 0 aliphatic carbocycles. The van der Waals surface area contributed by atoms with Crippen LogP contribution in [-0.2, 0) is 10.0 Å². The van der Waals surface area contributed by atoms with E-state index in [0.717, 1.165) is 5.56 Å². The number of nitro benzene ring substituents is 1. The van der Waals surface area contributed by atoms with E-state index in [1.807, 2.05) is 17.9 Å². The van der Waals surface area contributed by atoms with E-state index in [1.54, 1.807) is 37.3 Å². The topological polar surface area (TPSA) is 108 Å². The largest absolute Gasteiger partial charge is 0.368 e. The van der Waals surface area contributed by atoms with Crippen LogP contribution in [0.15, 0.2) is 41.3 Å². The summed E-state index contributed by atoms with van der Waals surface area (Å²) in [5.74, 6) is 0. The summed E-state index contributed by atoms with van der Waals surface area (Å²) in [5.41, 5.74) is 2.15. The fraction of sp³-hybridized carbons (Fsp3) is 0.316. The average Bonchev–Trinajstić information content (AvgIpc) is 2.68. The molecule has 0 unspecified atom stereocenters. The Bertz CT molecular complexity index is 1050. The van der Waals surface area contributed by atoms with Crippen molar-refractivity contribution in [1.29, 1.82) is 5.26 Å². The Kier molecular flexibility index (Phi) is 5.36. The zero-order valence-corrected chi connectivity index (χ0v) is 16.4. The fourth-order valence-corrected chi connectivity index (χ4v) is 4.72. The van der Waals surface area contributed by atoms with Gasteiger partial charge in [-0.05, 0) is 32.0 Å². The first-order chi connectivity index (χ1) is 13.2. The van der Waals surface area contributed by atoms with Gasteiger partial charge in [0.25, 0.3) is 5.69 Å². The van der Waals surface area contributed by atoms with Crippen molar-refractivity contribution in [2.45, 2.75) is 18.7 Å². The predicted molar refractivity (Wildman–Crippen MR) is 105 cm³/mol. The lowest BCUT2D eigenvalue weighted by Gasteiger charge is -2.36. The van der Waals surface area contributed by atoms with Crippen molar-refractivity contribution < 1.29 is 13.3 Å². The number of nitriles is 1. The Morgan fingerprint density at radius 1 is 1.07 bits per heavy atom. The van der Waals surface area contributed by atoms with Crippen molar-refractivity contribution in [3.63, 3.8) is 0 Å². The molecule has 3 rings (SSSR count). The minimum Gasteiger partial charge on any atom is -0.368 e. The van der Waals surface area contributed by atoms with Crippen LogP contribution in [0.2, 0.25) is 0 Å². The molecule has 2 aromatic carbocycles. The third kappa shape index (κ3) is 3.69. The van der Waals surface area contributed by atoms with Gasteiger partial charge in [0.05, 0.1) is 27.0 Å². The van der Waals surface area contributed by atoms with Crippen molar-refractivity contribution in [3.8, 4) is 6.07 Å². The van der Waals surface area contributed by atoms with E-state index in [9.17, 15) is 23.8 Å². The van der Waals surface area contributed by atoms with E-state index in [1.165, 1.54) is 10.4 Å². The highest BCUT2D eigenvalue weighted by Crippen LogP contribution is 2.31. The van der Waals surface area contributed by atoms with E-state index < -0.39 is 14.9 Å². The molecular weight excluding hydrogens is 380 g/mol. The van der Waals surface area contributed by atoms with Gasteiger partial charge >= 0.3 is 0 Å². The van der Waals surface area contributed by atoms with Crippen LogP contribution in [0.4, 0.5) is 11.4 Å². The molecule has 0 atom stereocenters. The van der Waals surface area contributed by atoms with Crippen molar-refractivity contribution >= 4 is 21.4 Å². The summed E-state index contributed by atoms with van der Waals surface area (Å²) in [6, 6.07) is 11.6. The lowest BCUT2D eigenvalue weighted by Crippen LogP contribution is -2.48. The van der Waals surface area contributed by atoms with Crippen LogP contribution in [0.1, 0.15) is 16.7 Å². The number of hydrogen-bond acceptors (Lipinski definition) is 6. The summed E-state index contributed by atoms with van der Waals surface area (Å²) < 4.78 is 27.1. The van der Waals surface area contributed by atoms with E-state index in [4.69, 9.17) is 0 Å². The SMILES string of the molecule is Cc1ccc(S(=O)(=O)N2CCN(c3cc(C#N)cc([N+](=O)[O-])c3C)CC2)cc1. The van der Waals surface area contributed by atoms with Crippen LogP contribution in [0.3, 0.4) is 0 Å². The second kappa shape index (κ2) is 7.58. The molecule has 0 spiro atoms. The quantitative estimate of drug-likeness (QED) is 0.577. The number of rotatable bonds is 4. The number of aryl methyl sites for hydroxylation is 1. The summed E-state index contributed by atoms with van der Waals surface area (Å²) in [7, 11) is -3.58. The van der Waals surface area contributed by atoms with Crippen LogP contribution in [0.25, 0.3) is 0 Å². The zero-order chi connectivity index (χ0) is 20.5. The number of benzene rings is 2. The molecule has 1 fully saturated rings. The van der Waals surface area contributed by atoms with Gasteiger partial charge in [0, 0.05) is 37.9 Å². The summed E-state index contributed by atoms with van der Waals surface area (Å²) >= 11 is 0. The third-order valence-electron chi connectivity index (χ3n) is 4.92. The maximum atomic E-state index is 12.8. The Morgan fingerprint density at radius 2 is 1.68 bits per heavy atom.